The molecule has 0 heterocycles. The summed E-state index contributed by atoms with van der Waals surface area (Å²) in [5.41, 5.74) is 1.76. The van der Waals surface area contributed by atoms with Crippen molar-refractivity contribution in [2.24, 2.45) is 5.29 Å². The SMILES string of the molecule is CC(C)Nc1ccccc1N(N=O)C(C)C. The molecule has 4 nitrogen and oxygen atoms in total. The lowest BCUT2D eigenvalue weighted by Gasteiger charge is -2.23. The van der Waals surface area contributed by atoms with Crippen LogP contribution >= 0.6 is 0 Å². The van der Waals surface area contributed by atoms with Crippen LogP contribution in [0.3, 0.4) is 0 Å². The van der Waals surface area contributed by atoms with E-state index in [1.54, 1.807) is 0 Å². The van der Waals surface area contributed by atoms with E-state index in [9.17, 15) is 4.91 Å². The molecule has 0 radical (unpaired) electrons. The van der Waals surface area contributed by atoms with Gasteiger partial charge in [-0.2, -0.15) is 0 Å². The van der Waals surface area contributed by atoms with E-state index in [1.165, 1.54) is 5.01 Å². The topological polar surface area (TPSA) is 44.7 Å². The van der Waals surface area contributed by atoms with E-state index in [2.05, 4.69) is 24.5 Å². The molecule has 1 aromatic carbocycles. The van der Waals surface area contributed by atoms with E-state index in [1.807, 2.05) is 38.1 Å². The molecule has 0 saturated carbocycles. The second-order valence-corrected chi connectivity index (χ2v) is 4.34. The van der Waals surface area contributed by atoms with Gasteiger partial charge < -0.3 is 5.32 Å². The first-order valence-corrected chi connectivity index (χ1v) is 5.54. The Hall–Kier alpha value is -1.58. The predicted octanol–water partition coefficient (Wildman–Crippen LogP) is 3.40. The molecule has 0 unspecified atom stereocenters. The zero-order valence-corrected chi connectivity index (χ0v) is 10.3. The second-order valence-electron chi connectivity index (χ2n) is 4.34. The maximum Gasteiger partial charge on any atom is 0.0860 e. The molecule has 0 aliphatic rings. The fraction of sp³-hybridized carbons (Fsp3) is 0.500. The number of hydrogen-bond acceptors (Lipinski definition) is 3. The number of para-hydroxylation sites is 2. The van der Waals surface area contributed by atoms with Gasteiger partial charge in [0.2, 0.25) is 0 Å². The third kappa shape index (κ3) is 2.95. The summed E-state index contributed by atoms with van der Waals surface area (Å²) in [5.74, 6) is 0. The predicted molar refractivity (Wildman–Crippen MR) is 68.6 cm³/mol. The Morgan fingerprint density at radius 2 is 1.81 bits per heavy atom. The van der Waals surface area contributed by atoms with Gasteiger partial charge in [-0.15, -0.1) is 4.91 Å². The first-order chi connectivity index (χ1) is 7.56. The summed E-state index contributed by atoms with van der Waals surface area (Å²) < 4.78 is 0. The molecule has 0 spiro atoms. The lowest BCUT2D eigenvalue weighted by atomic mass is 10.2. The molecule has 0 aromatic heterocycles. The van der Waals surface area contributed by atoms with E-state index >= 15 is 0 Å². The van der Waals surface area contributed by atoms with Gasteiger partial charge in [0.15, 0.2) is 0 Å². The van der Waals surface area contributed by atoms with Crippen molar-refractivity contribution in [3.63, 3.8) is 0 Å². The van der Waals surface area contributed by atoms with Gasteiger partial charge in [-0.3, -0.25) is 0 Å². The molecule has 0 amide bonds. The minimum absolute atomic E-state index is 0.0487. The van der Waals surface area contributed by atoms with Crippen LogP contribution in [-0.2, 0) is 0 Å². The lowest BCUT2D eigenvalue weighted by Crippen LogP contribution is -2.25. The average Bonchev–Trinajstić information content (AvgIpc) is 2.20. The number of nitrogens with zero attached hydrogens (tertiary/aromatic N) is 2. The number of nitrogens with one attached hydrogen (secondary N) is 1. The molecule has 4 heteroatoms. The fourth-order valence-corrected chi connectivity index (χ4v) is 1.52. The van der Waals surface area contributed by atoms with E-state index in [0.717, 1.165) is 11.4 Å². The standard InChI is InChI=1S/C12H19N3O/c1-9(2)13-11-7-5-6-8-12(11)15(14-16)10(3)4/h5-10,13H,1-4H3. The first-order valence-electron chi connectivity index (χ1n) is 5.54. The lowest BCUT2D eigenvalue weighted by molar-refractivity contribution is 0.708. The number of anilines is 2. The van der Waals surface area contributed by atoms with Gasteiger partial charge in [0.1, 0.15) is 0 Å². The first kappa shape index (κ1) is 12.5. The molecule has 0 aliphatic carbocycles. The molecular formula is C12H19N3O. The Morgan fingerprint density at radius 3 is 2.31 bits per heavy atom. The molecule has 1 N–H and O–H groups in total. The van der Waals surface area contributed by atoms with E-state index in [-0.39, 0.29) is 6.04 Å². The highest BCUT2D eigenvalue weighted by atomic mass is 16.3. The number of hydrogen-bond donors (Lipinski definition) is 1. The van der Waals surface area contributed by atoms with Gasteiger partial charge in [-0.25, -0.2) is 5.01 Å². The van der Waals surface area contributed by atoms with Crippen molar-refractivity contribution in [1.29, 1.82) is 0 Å². The van der Waals surface area contributed by atoms with Crippen molar-refractivity contribution in [2.45, 2.75) is 39.8 Å². The third-order valence-corrected chi connectivity index (χ3v) is 2.17. The molecule has 0 bridgehead atoms. The van der Waals surface area contributed by atoms with Gasteiger partial charge in [0, 0.05) is 6.04 Å². The van der Waals surface area contributed by atoms with E-state index < -0.39 is 0 Å². The van der Waals surface area contributed by atoms with Crippen LogP contribution in [0.5, 0.6) is 0 Å². The quantitative estimate of drug-likeness (QED) is 0.612. The highest BCUT2D eigenvalue weighted by Crippen LogP contribution is 2.27. The molecule has 0 atom stereocenters. The molecule has 1 rings (SSSR count). The molecular weight excluding hydrogens is 202 g/mol. The third-order valence-electron chi connectivity index (χ3n) is 2.17. The molecule has 1 aromatic rings. The Balaban J connectivity index is 3.05. The Bertz CT molecular complexity index is 350. The van der Waals surface area contributed by atoms with Crippen molar-refractivity contribution < 1.29 is 0 Å². The Labute approximate surface area is 96.6 Å². The van der Waals surface area contributed by atoms with Crippen molar-refractivity contribution in [3.05, 3.63) is 29.2 Å². The van der Waals surface area contributed by atoms with Crippen LogP contribution in [0.25, 0.3) is 0 Å². The molecule has 0 fully saturated rings. The Kier molecular flexibility index (Phi) is 4.28. The summed E-state index contributed by atoms with van der Waals surface area (Å²) >= 11 is 0. The van der Waals surface area contributed by atoms with E-state index in [4.69, 9.17) is 0 Å². The van der Waals surface area contributed by atoms with Crippen LogP contribution in [0, 0.1) is 4.91 Å². The number of benzene rings is 1. The van der Waals surface area contributed by atoms with Crippen molar-refractivity contribution in [2.75, 3.05) is 10.3 Å². The summed E-state index contributed by atoms with van der Waals surface area (Å²) in [6.45, 7) is 8.00. The van der Waals surface area contributed by atoms with Crippen molar-refractivity contribution in [1.82, 2.24) is 0 Å². The van der Waals surface area contributed by atoms with Gasteiger partial charge in [0.25, 0.3) is 0 Å². The highest BCUT2D eigenvalue weighted by Gasteiger charge is 2.14. The van der Waals surface area contributed by atoms with Crippen LogP contribution in [0.4, 0.5) is 11.4 Å². The number of nitroso groups, excluding NO2 is 1. The summed E-state index contributed by atoms with van der Waals surface area (Å²) in [5, 5.41) is 7.85. The Morgan fingerprint density at radius 1 is 1.19 bits per heavy atom. The van der Waals surface area contributed by atoms with Crippen LogP contribution in [0.2, 0.25) is 0 Å². The smallest absolute Gasteiger partial charge is 0.0860 e. The maximum atomic E-state index is 10.8. The van der Waals surface area contributed by atoms with Crippen LogP contribution < -0.4 is 10.3 Å². The fourth-order valence-electron chi connectivity index (χ4n) is 1.52. The van der Waals surface area contributed by atoms with Crippen molar-refractivity contribution in [3.8, 4) is 0 Å². The van der Waals surface area contributed by atoms with Crippen LogP contribution in [0.15, 0.2) is 29.6 Å². The van der Waals surface area contributed by atoms with Crippen molar-refractivity contribution >= 4 is 11.4 Å². The molecule has 0 aliphatic heterocycles. The summed E-state index contributed by atoms with van der Waals surface area (Å²) in [6, 6.07) is 8.07. The average molecular weight is 221 g/mol. The summed E-state index contributed by atoms with van der Waals surface area (Å²) in [7, 11) is 0. The number of rotatable bonds is 5. The minimum atomic E-state index is 0.0487. The summed E-state index contributed by atoms with van der Waals surface area (Å²) in [6.07, 6.45) is 0. The van der Waals surface area contributed by atoms with Gasteiger partial charge in [-0.05, 0) is 39.8 Å². The zero-order valence-electron chi connectivity index (χ0n) is 10.3. The van der Waals surface area contributed by atoms with Gasteiger partial charge in [0.05, 0.1) is 22.7 Å². The highest BCUT2D eigenvalue weighted by molar-refractivity contribution is 5.70. The van der Waals surface area contributed by atoms with E-state index in [0.29, 0.717) is 6.04 Å². The summed E-state index contributed by atoms with van der Waals surface area (Å²) in [4.78, 5) is 10.8. The van der Waals surface area contributed by atoms with Gasteiger partial charge >= 0.3 is 0 Å². The molecule has 88 valence electrons. The molecule has 16 heavy (non-hydrogen) atoms. The second kappa shape index (κ2) is 5.49. The largest absolute Gasteiger partial charge is 0.381 e. The molecule has 0 saturated heterocycles. The van der Waals surface area contributed by atoms with Crippen LogP contribution in [-0.4, -0.2) is 12.1 Å². The van der Waals surface area contributed by atoms with Crippen LogP contribution in [0.1, 0.15) is 27.7 Å². The zero-order chi connectivity index (χ0) is 12.1. The normalized spacial score (nSPS) is 10.6. The monoisotopic (exact) mass is 221 g/mol. The van der Waals surface area contributed by atoms with Gasteiger partial charge in [-0.1, -0.05) is 12.1 Å². The maximum absolute atomic E-state index is 10.8. The minimum Gasteiger partial charge on any atom is -0.381 e.